The largest absolute Gasteiger partial charge is 0.497 e. The molecule has 24 heavy (non-hydrogen) atoms. The Balaban J connectivity index is 2.10. The van der Waals surface area contributed by atoms with Crippen molar-refractivity contribution in [3.8, 4) is 11.5 Å². The molecule has 2 aromatic rings. The van der Waals surface area contributed by atoms with E-state index >= 15 is 0 Å². The zero-order chi connectivity index (χ0) is 17.2. The molecule has 128 valence electrons. The number of methoxy groups -OCH3 is 2. The lowest BCUT2D eigenvalue weighted by molar-refractivity contribution is 0.402. The van der Waals surface area contributed by atoms with Crippen molar-refractivity contribution in [3.63, 3.8) is 0 Å². The van der Waals surface area contributed by atoms with Crippen molar-refractivity contribution in [2.24, 2.45) is 0 Å². The molecule has 0 atom stereocenters. The molecule has 3 rings (SSSR count). The van der Waals surface area contributed by atoms with Gasteiger partial charge in [-0.1, -0.05) is 0 Å². The van der Waals surface area contributed by atoms with E-state index in [9.17, 15) is 8.42 Å². The molecule has 6 heteroatoms. The summed E-state index contributed by atoms with van der Waals surface area (Å²) >= 11 is 0. The van der Waals surface area contributed by atoms with Crippen LogP contribution in [0.3, 0.4) is 0 Å². The van der Waals surface area contributed by atoms with Crippen LogP contribution in [0, 0.1) is 0 Å². The Bertz CT molecular complexity index is 829. The summed E-state index contributed by atoms with van der Waals surface area (Å²) < 4.78 is 36.6. The van der Waals surface area contributed by atoms with Crippen LogP contribution in [0.4, 0.5) is 0 Å². The van der Waals surface area contributed by atoms with Gasteiger partial charge in [0.2, 0.25) is 9.84 Å². The number of benzene rings is 2. The number of sulfone groups is 1. The predicted molar refractivity (Wildman–Crippen MR) is 91.7 cm³/mol. The monoisotopic (exact) mass is 347 g/mol. The second kappa shape index (κ2) is 6.83. The normalized spacial score (nSPS) is 14.6. The van der Waals surface area contributed by atoms with Gasteiger partial charge in [0.05, 0.1) is 19.1 Å². The van der Waals surface area contributed by atoms with Gasteiger partial charge in [0.25, 0.3) is 0 Å². The van der Waals surface area contributed by atoms with Gasteiger partial charge < -0.3 is 14.8 Å². The molecule has 1 N–H and O–H groups in total. The summed E-state index contributed by atoms with van der Waals surface area (Å²) in [6.45, 7) is 1.74. The second-order valence-electron chi connectivity index (χ2n) is 5.70. The zero-order valence-corrected chi connectivity index (χ0v) is 14.7. The molecule has 0 amide bonds. The van der Waals surface area contributed by atoms with Crippen LogP contribution in [-0.2, 0) is 22.7 Å². The van der Waals surface area contributed by atoms with E-state index < -0.39 is 9.84 Å². The van der Waals surface area contributed by atoms with Crippen LogP contribution in [0.15, 0.2) is 46.2 Å². The minimum atomic E-state index is -3.65. The highest BCUT2D eigenvalue weighted by Crippen LogP contribution is 2.33. The minimum Gasteiger partial charge on any atom is -0.497 e. The first kappa shape index (κ1) is 16.8. The summed E-state index contributed by atoms with van der Waals surface area (Å²) in [4.78, 5) is 0.448. The third-order valence-electron chi connectivity index (χ3n) is 4.29. The molecule has 0 fully saturated rings. The van der Waals surface area contributed by atoms with Crippen LogP contribution in [0.2, 0.25) is 0 Å². The van der Waals surface area contributed by atoms with E-state index in [1.165, 1.54) is 7.11 Å². The molecule has 1 heterocycles. The predicted octanol–water partition coefficient (Wildman–Crippen LogP) is 2.22. The van der Waals surface area contributed by atoms with E-state index in [-0.39, 0.29) is 9.79 Å². The Hall–Kier alpha value is -2.05. The smallest absolute Gasteiger partial charge is 0.210 e. The molecule has 1 aliphatic heterocycles. The van der Waals surface area contributed by atoms with Gasteiger partial charge in [-0.15, -0.1) is 0 Å². The van der Waals surface area contributed by atoms with Crippen LogP contribution in [0.1, 0.15) is 11.1 Å². The van der Waals surface area contributed by atoms with Crippen molar-refractivity contribution in [1.82, 2.24) is 5.32 Å². The van der Waals surface area contributed by atoms with Crippen molar-refractivity contribution < 1.29 is 17.9 Å². The maximum absolute atomic E-state index is 13.0. The minimum absolute atomic E-state index is 0.218. The van der Waals surface area contributed by atoms with Gasteiger partial charge >= 0.3 is 0 Å². The Morgan fingerprint density at radius 2 is 1.54 bits per heavy atom. The van der Waals surface area contributed by atoms with E-state index in [1.807, 2.05) is 6.07 Å². The maximum Gasteiger partial charge on any atom is 0.210 e. The Labute approximate surface area is 142 Å². The SMILES string of the molecule is COc1ccc(S(=O)(=O)c2cc3c(cc2OC)CCNCC3)cc1. The molecule has 0 spiro atoms. The van der Waals surface area contributed by atoms with Crippen molar-refractivity contribution in [1.29, 1.82) is 0 Å². The summed E-state index contributed by atoms with van der Waals surface area (Å²) in [6, 6.07) is 10.0. The van der Waals surface area contributed by atoms with Gasteiger partial charge in [-0.2, -0.15) is 0 Å². The molecule has 0 saturated heterocycles. The molecule has 1 aliphatic rings. The fraction of sp³-hybridized carbons (Fsp3) is 0.333. The number of hydrogen-bond donors (Lipinski definition) is 1. The summed E-state index contributed by atoms with van der Waals surface area (Å²) in [5.41, 5.74) is 2.21. The van der Waals surface area contributed by atoms with E-state index in [4.69, 9.17) is 9.47 Å². The Morgan fingerprint density at radius 1 is 0.917 bits per heavy atom. The van der Waals surface area contributed by atoms with E-state index in [1.54, 1.807) is 37.4 Å². The van der Waals surface area contributed by atoms with Crippen LogP contribution in [0.5, 0.6) is 11.5 Å². The maximum atomic E-state index is 13.0. The standard InChI is InChI=1S/C18H21NO4S/c1-22-15-3-5-16(6-4-15)24(20,21)18-12-14-8-10-19-9-7-13(14)11-17(18)23-2/h3-6,11-12,19H,7-10H2,1-2H3. The topological polar surface area (TPSA) is 64.6 Å². The van der Waals surface area contributed by atoms with Gasteiger partial charge in [-0.25, -0.2) is 8.42 Å². The van der Waals surface area contributed by atoms with Crippen LogP contribution in [0.25, 0.3) is 0 Å². The summed E-state index contributed by atoms with van der Waals surface area (Å²) in [5, 5.41) is 3.33. The molecular formula is C18H21NO4S. The van der Waals surface area contributed by atoms with Crippen molar-refractivity contribution >= 4 is 9.84 Å². The molecule has 2 aromatic carbocycles. The summed E-state index contributed by atoms with van der Waals surface area (Å²) in [5.74, 6) is 1.01. The molecule has 0 saturated carbocycles. The average molecular weight is 347 g/mol. The number of ether oxygens (including phenoxy) is 2. The lowest BCUT2D eigenvalue weighted by atomic mass is 10.0. The lowest BCUT2D eigenvalue weighted by Gasteiger charge is -2.14. The first-order chi connectivity index (χ1) is 11.6. The quantitative estimate of drug-likeness (QED) is 0.919. The van der Waals surface area contributed by atoms with Crippen molar-refractivity contribution in [2.75, 3.05) is 27.3 Å². The highest BCUT2D eigenvalue weighted by Gasteiger charge is 2.24. The van der Waals surface area contributed by atoms with Gasteiger partial charge in [-0.3, -0.25) is 0 Å². The molecular weight excluding hydrogens is 326 g/mol. The first-order valence-electron chi connectivity index (χ1n) is 7.86. The third-order valence-corrected chi connectivity index (χ3v) is 6.08. The highest BCUT2D eigenvalue weighted by atomic mass is 32.2. The summed E-state index contributed by atoms with van der Waals surface area (Å²) in [6.07, 6.45) is 1.68. The fourth-order valence-electron chi connectivity index (χ4n) is 2.93. The number of fused-ring (bicyclic) bond motifs is 1. The highest BCUT2D eigenvalue weighted by molar-refractivity contribution is 7.91. The number of hydrogen-bond acceptors (Lipinski definition) is 5. The molecule has 0 unspecified atom stereocenters. The van der Waals surface area contributed by atoms with Crippen LogP contribution in [-0.4, -0.2) is 35.7 Å². The van der Waals surface area contributed by atoms with Crippen molar-refractivity contribution in [3.05, 3.63) is 47.5 Å². The van der Waals surface area contributed by atoms with E-state index in [2.05, 4.69) is 5.32 Å². The van der Waals surface area contributed by atoms with Gasteiger partial charge in [-0.05, 0) is 73.5 Å². The Kier molecular flexibility index (Phi) is 4.78. The molecule has 0 radical (unpaired) electrons. The fourth-order valence-corrected chi connectivity index (χ4v) is 4.38. The third kappa shape index (κ3) is 3.12. The van der Waals surface area contributed by atoms with Gasteiger partial charge in [0.1, 0.15) is 16.4 Å². The number of rotatable bonds is 4. The Morgan fingerprint density at radius 3 is 2.12 bits per heavy atom. The lowest BCUT2D eigenvalue weighted by Crippen LogP contribution is -2.16. The zero-order valence-electron chi connectivity index (χ0n) is 13.8. The molecule has 0 aromatic heterocycles. The second-order valence-corrected chi connectivity index (χ2v) is 7.62. The number of nitrogens with one attached hydrogen (secondary N) is 1. The average Bonchev–Trinajstić information content (AvgIpc) is 2.85. The van der Waals surface area contributed by atoms with Crippen LogP contribution >= 0.6 is 0 Å². The van der Waals surface area contributed by atoms with E-state index in [0.717, 1.165) is 37.1 Å². The first-order valence-corrected chi connectivity index (χ1v) is 9.34. The van der Waals surface area contributed by atoms with Crippen LogP contribution < -0.4 is 14.8 Å². The van der Waals surface area contributed by atoms with Crippen molar-refractivity contribution in [2.45, 2.75) is 22.6 Å². The summed E-state index contributed by atoms with van der Waals surface area (Å²) in [7, 11) is -0.601. The van der Waals surface area contributed by atoms with Gasteiger partial charge in [0, 0.05) is 0 Å². The molecule has 0 aliphatic carbocycles. The molecule has 5 nitrogen and oxygen atoms in total. The van der Waals surface area contributed by atoms with Gasteiger partial charge in [0.15, 0.2) is 0 Å². The molecule has 0 bridgehead atoms. The van der Waals surface area contributed by atoms with E-state index in [0.29, 0.717) is 11.5 Å².